The lowest BCUT2D eigenvalue weighted by Gasteiger charge is -2.24. The van der Waals surface area contributed by atoms with Gasteiger partial charge in [0.05, 0.1) is 34.6 Å². The molecule has 0 bridgehead atoms. The number of alkyl halides is 2. The summed E-state index contributed by atoms with van der Waals surface area (Å²) in [5.74, 6) is 0. The van der Waals surface area contributed by atoms with Gasteiger partial charge in [-0.25, -0.2) is 13.5 Å². The van der Waals surface area contributed by atoms with Crippen LogP contribution < -0.4 is 10.6 Å². The number of pyridine rings is 2. The van der Waals surface area contributed by atoms with E-state index in [4.69, 9.17) is 0 Å². The van der Waals surface area contributed by atoms with Crippen LogP contribution in [0, 0.1) is 35.0 Å². The van der Waals surface area contributed by atoms with Gasteiger partial charge in [-0.3, -0.25) is 9.97 Å². The second kappa shape index (κ2) is 11.8. The predicted molar refractivity (Wildman–Crippen MR) is 172 cm³/mol. The van der Waals surface area contributed by atoms with Crippen molar-refractivity contribution in [3.8, 4) is 23.3 Å². The summed E-state index contributed by atoms with van der Waals surface area (Å²) in [6, 6.07) is 17.2. The molecule has 232 valence electrons. The highest BCUT2D eigenvalue weighted by Crippen LogP contribution is 2.48. The predicted octanol–water partition coefficient (Wildman–Crippen LogP) is 7.35. The molecule has 0 radical (unpaired) electrons. The number of benzene rings is 2. The van der Waals surface area contributed by atoms with Crippen LogP contribution in [0.1, 0.15) is 67.6 Å². The average molecular weight is 618 g/mol. The quantitative estimate of drug-likeness (QED) is 0.176. The monoisotopic (exact) mass is 617 g/mol. The molecule has 1 aliphatic carbocycles. The first-order valence-corrected chi connectivity index (χ1v) is 15.0. The minimum atomic E-state index is -2.57. The van der Waals surface area contributed by atoms with Crippen LogP contribution in [0.25, 0.3) is 22.0 Å². The second-order valence-electron chi connectivity index (χ2n) is 12.9. The summed E-state index contributed by atoms with van der Waals surface area (Å²) in [7, 11) is 0. The van der Waals surface area contributed by atoms with Crippen LogP contribution in [0.15, 0.2) is 67.3 Å². The number of nitrogens with one attached hydrogen (secondary N) is 2. The van der Waals surface area contributed by atoms with Crippen molar-refractivity contribution in [2.45, 2.75) is 58.5 Å². The first kappa shape index (κ1) is 30.6. The fourth-order valence-corrected chi connectivity index (χ4v) is 5.69. The molecular weight excluding hydrogens is 584 g/mol. The number of anilines is 2. The van der Waals surface area contributed by atoms with Gasteiger partial charge in [0, 0.05) is 36.2 Å². The molecule has 46 heavy (non-hydrogen) atoms. The van der Waals surface area contributed by atoms with Gasteiger partial charge in [-0.2, -0.15) is 10.5 Å². The second-order valence-corrected chi connectivity index (χ2v) is 12.9. The number of nitriles is 2. The summed E-state index contributed by atoms with van der Waals surface area (Å²) in [5, 5.41) is 36.2. The molecule has 3 heterocycles. The number of fused-ring (bicyclic) bond motifs is 1. The van der Waals surface area contributed by atoms with Crippen molar-refractivity contribution < 1.29 is 8.78 Å². The Morgan fingerprint density at radius 3 is 2.43 bits per heavy atom. The lowest BCUT2D eigenvalue weighted by molar-refractivity contribution is 0.0593. The van der Waals surface area contributed by atoms with E-state index >= 15 is 0 Å². The van der Waals surface area contributed by atoms with Crippen LogP contribution in [-0.4, -0.2) is 37.9 Å². The molecule has 11 heteroatoms. The van der Waals surface area contributed by atoms with Gasteiger partial charge in [0.1, 0.15) is 23.4 Å². The van der Waals surface area contributed by atoms with E-state index in [0.29, 0.717) is 58.5 Å². The van der Waals surface area contributed by atoms with E-state index in [1.807, 2.05) is 43.3 Å². The number of hydrogen-bond acceptors (Lipinski definition) is 8. The molecule has 6 rings (SSSR count). The molecule has 0 amide bonds. The summed E-state index contributed by atoms with van der Waals surface area (Å²) < 4.78 is 29.4. The summed E-state index contributed by atoms with van der Waals surface area (Å²) >= 11 is 0. The van der Waals surface area contributed by atoms with E-state index in [1.54, 1.807) is 24.7 Å². The van der Waals surface area contributed by atoms with E-state index in [2.05, 4.69) is 63.8 Å². The smallest absolute Gasteiger partial charge is 0.263 e. The third kappa shape index (κ3) is 5.72. The van der Waals surface area contributed by atoms with E-state index in [9.17, 15) is 19.3 Å². The molecule has 3 aromatic heterocycles. The van der Waals surface area contributed by atoms with Gasteiger partial charge in [0.2, 0.25) is 0 Å². The van der Waals surface area contributed by atoms with Gasteiger partial charge in [0.25, 0.3) is 6.43 Å². The lowest BCUT2D eigenvalue weighted by atomic mass is 9.92. The van der Waals surface area contributed by atoms with Gasteiger partial charge in [-0.15, -0.1) is 5.10 Å². The highest BCUT2D eigenvalue weighted by atomic mass is 19.3. The number of nitrogens with zero attached hydrogens (tertiary/aromatic N) is 7. The third-order valence-corrected chi connectivity index (χ3v) is 8.43. The van der Waals surface area contributed by atoms with Crippen LogP contribution in [0.2, 0.25) is 0 Å². The third-order valence-electron chi connectivity index (χ3n) is 8.43. The molecule has 1 atom stereocenters. The summed E-state index contributed by atoms with van der Waals surface area (Å²) in [6.45, 7) is 8.85. The Kier molecular flexibility index (Phi) is 7.87. The van der Waals surface area contributed by atoms with Crippen LogP contribution in [0.4, 0.5) is 20.2 Å². The Morgan fingerprint density at radius 1 is 1.04 bits per heavy atom. The Hall–Kier alpha value is -5.42. The molecule has 1 saturated carbocycles. The van der Waals surface area contributed by atoms with Crippen molar-refractivity contribution in [3.05, 3.63) is 95.2 Å². The molecule has 9 nitrogen and oxygen atoms in total. The van der Waals surface area contributed by atoms with Gasteiger partial charge < -0.3 is 10.6 Å². The molecule has 0 spiro atoms. The number of hydrogen-bond donors (Lipinski definition) is 2. The first-order chi connectivity index (χ1) is 22.0. The topological polar surface area (TPSA) is 128 Å². The number of rotatable bonds is 9. The van der Waals surface area contributed by atoms with Crippen molar-refractivity contribution >= 4 is 22.3 Å². The van der Waals surface area contributed by atoms with Crippen LogP contribution in [-0.2, 0) is 5.54 Å². The average Bonchev–Trinajstić information content (AvgIpc) is 3.72. The van der Waals surface area contributed by atoms with E-state index in [1.165, 1.54) is 10.9 Å². The molecule has 1 fully saturated rings. The maximum Gasteiger partial charge on any atom is 0.263 e. The minimum Gasteiger partial charge on any atom is -0.383 e. The van der Waals surface area contributed by atoms with Gasteiger partial charge >= 0.3 is 0 Å². The Labute approximate surface area is 265 Å². The van der Waals surface area contributed by atoms with Crippen LogP contribution in [0.3, 0.4) is 0 Å². The summed E-state index contributed by atoms with van der Waals surface area (Å²) in [5.41, 5.74) is 5.13. The molecule has 0 saturated heterocycles. The molecule has 0 unspecified atom stereocenters. The molecular formula is C35H33F2N9. The minimum absolute atomic E-state index is 0.0817. The molecule has 2 aromatic carbocycles. The molecule has 2 N–H and O–H groups in total. The first-order valence-electron chi connectivity index (χ1n) is 15.0. The summed E-state index contributed by atoms with van der Waals surface area (Å²) in [4.78, 5) is 8.61. The highest BCUT2D eigenvalue weighted by Gasteiger charge is 2.54. The zero-order valence-corrected chi connectivity index (χ0v) is 26.0. The van der Waals surface area contributed by atoms with Crippen molar-refractivity contribution in [2.24, 2.45) is 5.41 Å². The normalized spacial score (nSPS) is 14.5. The molecule has 5 aromatic rings. The van der Waals surface area contributed by atoms with E-state index in [0.717, 1.165) is 22.3 Å². The SMILES string of the molecule is Cc1c(-c2ccncc2)cccc1[C@H](Nc1cc(C#N)c2ncc(C#N)c(NCC(C)(C)C)c2c1)c1cn(C2(C(F)F)CC2)nn1. The standard InChI is InChI=1S/C35H33F2N9/c1-21-26(22-8-12-40-13-9-22)6-5-7-27(21)32(29-19-46(45-44-29)35(10-11-35)33(36)37)43-25-14-23(16-38)30-28(15-25)31(24(17-39)18-41-30)42-20-34(2,3)4/h5-9,12-15,18-19,32-33,43H,10-11,20H2,1-4H3,(H,41,42)/t32-/m0/s1. The largest absolute Gasteiger partial charge is 0.383 e. The fraction of sp³-hybridized carbons (Fsp3) is 0.314. The van der Waals surface area contributed by atoms with Gasteiger partial charge in [0.15, 0.2) is 0 Å². The van der Waals surface area contributed by atoms with Crippen LogP contribution in [0.5, 0.6) is 0 Å². The van der Waals surface area contributed by atoms with Gasteiger partial charge in [-0.1, -0.05) is 44.2 Å². The highest BCUT2D eigenvalue weighted by molar-refractivity contribution is 5.99. The van der Waals surface area contributed by atoms with Gasteiger partial charge in [-0.05, 0) is 71.7 Å². The number of aromatic nitrogens is 5. The zero-order valence-electron chi connectivity index (χ0n) is 26.0. The lowest BCUT2D eigenvalue weighted by Crippen LogP contribution is -2.26. The van der Waals surface area contributed by atoms with E-state index < -0.39 is 18.0 Å². The van der Waals surface area contributed by atoms with Crippen molar-refractivity contribution in [2.75, 3.05) is 17.2 Å². The Bertz CT molecular complexity index is 2000. The van der Waals surface area contributed by atoms with Crippen molar-refractivity contribution in [3.63, 3.8) is 0 Å². The van der Waals surface area contributed by atoms with Crippen molar-refractivity contribution in [1.82, 2.24) is 25.0 Å². The fourth-order valence-electron chi connectivity index (χ4n) is 5.69. The zero-order chi connectivity index (χ0) is 32.6. The maximum absolute atomic E-state index is 14.0. The number of halogens is 2. The Morgan fingerprint density at radius 2 is 1.78 bits per heavy atom. The van der Waals surface area contributed by atoms with Crippen molar-refractivity contribution in [1.29, 1.82) is 10.5 Å². The Balaban J connectivity index is 1.50. The van der Waals surface area contributed by atoms with Crippen LogP contribution >= 0.6 is 0 Å². The molecule has 1 aliphatic rings. The summed E-state index contributed by atoms with van der Waals surface area (Å²) in [6.07, 6.45) is 4.63. The van der Waals surface area contributed by atoms with E-state index in [-0.39, 0.29) is 5.41 Å². The maximum atomic E-state index is 14.0. The molecule has 0 aliphatic heterocycles.